The van der Waals surface area contributed by atoms with E-state index in [1.807, 2.05) is 0 Å². The van der Waals surface area contributed by atoms with E-state index in [2.05, 4.69) is 24.7 Å². The maximum absolute atomic E-state index is 12.4. The maximum atomic E-state index is 12.4. The molecule has 0 aliphatic carbocycles. The molecule has 1 fully saturated rings. The van der Waals surface area contributed by atoms with Gasteiger partial charge in [-0.25, -0.2) is 27.8 Å². The lowest BCUT2D eigenvalue weighted by Gasteiger charge is -2.16. The summed E-state index contributed by atoms with van der Waals surface area (Å²) in [5, 5.41) is 15.9. The fraction of sp³-hybridized carbons (Fsp3) is 0.353. The van der Waals surface area contributed by atoms with E-state index >= 15 is 0 Å². The molecule has 4 rings (SSSR count). The molecule has 152 valence electrons. The summed E-state index contributed by atoms with van der Waals surface area (Å²) in [4.78, 5) is 21.0. The van der Waals surface area contributed by atoms with Crippen LogP contribution in [0.15, 0.2) is 41.7 Å². The zero-order valence-electron chi connectivity index (χ0n) is 15.4. The number of nitrogens with zero attached hydrogens (tertiary/aromatic N) is 6. The van der Waals surface area contributed by atoms with Gasteiger partial charge in [0.15, 0.2) is 5.65 Å². The Hall–Kier alpha value is -3.12. The largest absolute Gasteiger partial charge is 0.356 e. The number of hydrogen-bond donors (Lipinski definition) is 1. The molecule has 12 heteroatoms. The Bertz CT molecular complexity index is 1140. The second-order valence-corrected chi connectivity index (χ2v) is 8.41. The molecule has 11 nitrogen and oxygen atoms in total. The summed E-state index contributed by atoms with van der Waals surface area (Å²) in [6.45, 7) is 2.28. The molecule has 0 amide bonds. The molecule has 3 heterocycles. The third kappa shape index (κ3) is 3.89. The molecule has 0 saturated carbocycles. The van der Waals surface area contributed by atoms with E-state index in [1.54, 1.807) is 10.9 Å². The van der Waals surface area contributed by atoms with E-state index in [4.69, 9.17) is 0 Å². The summed E-state index contributed by atoms with van der Waals surface area (Å²) in [5.74, 6) is 0.852. The molecule has 3 aromatic rings. The molecular weight excluding hydrogens is 398 g/mol. The van der Waals surface area contributed by atoms with Crippen LogP contribution in [0.2, 0.25) is 0 Å². The van der Waals surface area contributed by atoms with Gasteiger partial charge in [-0.1, -0.05) is 0 Å². The standard InChI is InChI=1S/C17H19N7O4S/c25-24(26)13-3-5-14(6-4-13)29(27,28)21-7-10-23-17-15(11-20-23)16(18-12-19-17)22-8-1-2-9-22/h3-6,11-12,21H,1-2,7-10H2. The van der Waals surface area contributed by atoms with Gasteiger partial charge in [0.2, 0.25) is 10.0 Å². The summed E-state index contributed by atoms with van der Waals surface area (Å²) in [7, 11) is -3.79. The van der Waals surface area contributed by atoms with Crippen molar-refractivity contribution in [1.29, 1.82) is 0 Å². The topological polar surface area (TPSA) is 136 Å². The lowest BCUT2D eigenvalue weighted by molar-refractivity contribution is -0.384. The Morgan fingerprint density at radius 1 is 1.14 bits per heavy atom. The first-order valence-electron chi connectivity index (χ1n) is 9.11. The molecule has 0 spiro atoms. The van der Waals surface area contributed by atoms with Crippen molar-refractivity contribution >= 4 is 32.6 Å². The van der Waals surface area contributed by atoms with Crippen molar-refractivity contribution in [3.05, 3.63) is 46.9 Å². The predicted molar refractivity (Wildman–Crippen MR) is 105 cm³/mol. The van der Waals surface area contributed by atoms with Crippen LogP contribution in [0.5, 0.6) is 0 Å². The van der Waals surface area contributed by atoms with Gasteiger partial charge in [-0.15, -0.1) is 0 Å². The molecule has 1 aromatic carbocycles. The number of sulfonamides is 1. The molecule has 0 unspecified atom stereocenters. The minimum Gasteiger partial charge on any atom is -0.356 e. The van der Waals surface area contributed by atoms with Crippen LogP contribution < -0.4 is 9.62 Å². The number of nitro benzene ring substituents is 1. The number of non-ortho nitro benzene ring substituents is 1. The molecule has 29 heavy (non-hydrogen) atoms. The van der Waals surface area contributed by atoms with Gasteiger partial charge in [0.25, 0.3) is 5.69 Å². The van der Waals surface area contributed by atoms with E-state index in [0.717, 1.165) is 49.3 Å². The van der Waals surface area contributed by atoms with Crippen LogP contribution >= 0.6 is 0 Å². The van der Waals surface area contributed by atoms with Crippen LogP contribution in [-0.2, 0) is 16.6 Å². The first-order valence-corrected chi connectivity index (χ1v) is 10.6. The zero-order chi connectivity index (χ0) is 20.4. The van der Waals surface area contributed by atoms with Gasteiger partial charge in [0.1, 0.15) is 12.1 Å². The van der Waals surface area contributed by atoms with Crippen molar-refractivity contribution in [3.8, 4) is 0 Å². The number of nitrogens with one attached hydrogen (secondary N) is 1. The normalized spacial score (nSPS) is 14.6. The van der Waals surface area contributed by atoms with E-state index in [9.17, 15) is 18.5 Å². The Kier molecular flexibility index (Phi) is 5.11. The second-order valence-electron chi connectivity index (χ2n) is 6.65. The quantitative estimate of drug-likeness (QED) is 0.449. The SMILES string of the molecule is O=[N+]([O-])c1ccc(S(=O)(=O)NCCn2ncc3c(N4CCCC4)ncnc32)cc1. The summed E-state index contributed by atoms with van der Waals surface area (Å²) in [6, 6.07) is 4.73. The van der Waals surface area contributed by atoms with Crippen LogP contribution in [0.1, 0.15) is 12.8 Å². The molecule has 0 radical (unpaired) electrons. The molecule has 1 aliphatic heterocycles. The number of rotatable bonds is 7. The molecule has 0 bridgehead atoms. The molecule has 1 aliphatic rings. The molecule has 2 aromatic heterocycles. The summed E-state index contributed by atoms with van der Waals surface area (Å²) >= 11 is 0. The smallest absolute Gasteiger partial charge is 0.269 e. The van der Waals surface area contributed by atoms with Crippen molar-refractivity contribution in [2.75, 3.05) is 24.5 Å². The van der Waals surface area contributed by atoms with Gasteiger partial charge in [-0.3, -0.25) is 10.1 Å². The Balaban J connectivity index is 1.46. The van der Waals surface area contributed by atoms with E-state index in [0.29, 0.717) is 5.65 Å². The average molecular weight is 417 g/mol. The Labute approximate surface area is 166 Å². The molecule has 0 atom stereocenters. The van der Waals surface area contributed by atoms with Gasteiger partial charge >= 0.3 is 0 Å². The van der Waals surface area contributed by atoms with E-state index in [1.165, 1.54) is 18.5 Å². The van der Waals surface area contributed by atoms with Crippen molar-refractivity contribution in [2.45, 2.75) is 24.3 Å². The number of aromatic nitrogens is 4. The fourth-order valence-corrected chi connectivity index (χ4v) is 4.36. The van der Waals surface area contributed by atoms with Gasteiger partial charge in [-0.2, -0.15) is 5.10 Å². The third-order valence-electron chi connectivity index (χ3n) is 4.79. The first-order chi connectivity index (χ1) is 14.0. The lowest BCUT2D eigenvalue weighted by atomic mass is 10.3. The second kappa shape index (κ2) is 7.72. The molecule has 1 saturated heterocycles. The number of nitro groups is 1. The molecule has 1 N–H and O–H groups in total. The van der Waals surface area contributed by atoms with Gasteiger partial charge in [0, 0.05) is 31.8 Å². The van der Waals surface area contributed by atoms with Gasteiger partial charge < -0.3 is 4.90 Å². The summed E-state index contributed by atoms with van der Waals surface area (Å²) in [6.07, 6.45) is 5.46. The highest BCUT2D eigenvalue weighted by Crippen LogP contribution is 2.25. The maximum Gasteiger partial charge on any atom is 0.269 e. The van der Waals surface area contributed by atoms with E-state index < -0.39 is 14.9 Å². The Morgan fingerprint density at radius 2 is 1.86 bits per heavy atom. The summed E-state index contributed by atoms with van der Waals surface area (Å²) < 4.78 is 28.9. The monoisotopic (exact) mass is 417 g/mol. The first kappa shape index (κ1) is 19.2. The van der Waals surface area contributed by atoms with E-state index in [-0.39, 0.29) is 23.7 Å². The van der Waals surface area contributed by atoms with Crippen LogP contribution in [0.3, 0.4) is 0 Å². The highest BCUT2D eigenvalue weighted by molar-refractivity contribution is 7.89. The van der Waals surface area contributed by atoms with Crippen LogP contribution in [0.4, 0.5) is 11.5 Å². The van der Waals surface area contributed by atoms with Gasteiger partial charge in [-0.05, 0) is 25.0 Å². The Morgan fingerprint density at radius 3 is 2.55 bits per heavy atom. The average Bonchev–Trinajstić information content (AvgIpc) is 3.38. The van der Waals surface area contributed by atoms with Crippen LogP contribution in [0, 0.1) is 10.1 Å². The number of hydrogen-bond acceptors (Lipinski definition) is 8. The highest BCUT2D eigenvalue weighted by atomic mass is 32.2. The minimum absolute atomic E-state index is 0.0351. The highest BCUT2D eigenvalue weighted by Gasteiger charge is 2.19. The molecular formula is C17H19N7O4S. The van der Waals surface area contributed by atoms with Crippen molar-refractivity contribution in [2.24, 2.45) is 0 Å². The minimum atomic E-state index is -3.79. The third-order valence-corrected chi connectivity index (χ3v) is 6.27. The van der Waals surface area contributed by atoms with Crippen molar-refractivity contribution in [3.63, 3.8) is 0 Å². The van der Waals surface area contributed by atoms with Crippen LogP contribution in [-0.4, -0.2) is 52.7 Å². The fourth-order valence-electron chi connectivity index (χ4n) is 3.34. The van der Waals surface area contributed by atoms with Crippen LogP contribution in [0.25, 0.3) is 11.0 Å². The van der Waals surface area contributed by atoms with Crippen molar-refractivity contribution < 1.29 is 13.3 Å². The number of fused-ring (bicyclic) bond motifs is 1. The summed E-state index contributed by atoms with van der Waals surface area (Å²) in [5.41, 5.74) is 0.483. The lowest BCUT2D eigenvalue weighted by Crippen LogP contribution is -2.27. The van der Waals surface area contributed by atoms with Gasteiger partial charge in [0.05, 0.1) is 27.9 Å². The zero-order valence-corrected chi connectivity index (χ0v) is 16.2. The predicted octanol–water partition coefficient (Wildman–Crippen LogP) is 1.31. The van der Waals surface area contributed by atoms with Crippen molar-refractivity contribution in [1.82, 2.24) is 24.5 Å². The number of benzene rings is 1. The number of anilines is 1.